The molecule has 1 unspecified atom stereocenters. The van der Waals surface area contributed by atoms with Crippen molar-refractivity contribution >= 4 is 5.91 Å². The highest BCUT2D eigenvalue weighted by Crippen LogP contribution is 2.24. The summed E-state index contributed by atoms with van der Waals surface area (Å²) in [5, 5.41) is 15.2. The van der Waals surface area contributed by atoms with E-state index in [-0.39, 0.29) is 24.9 Å². The van der Waals surface area contributed by atoms with Crippen LogP contribution in [0.5, 0.6) is 5.75 Å². The van der Waals surface area contributed by atoms with Crippen LogP contribution in [0.25, 0.3) is 0 Å². The van der Waals surface area contributed by atoms with Crippen LogP contribution in [0.4, 0.5) is 4.39 Å². The first kappa shape index (κ1) is 19.4. The molecule has 27 heavy (non-hydrogen) atoms. The van der Waals surface area contributed by atoms with Gasteiger partial charge in [0.2, 0.25) is 5.91 Å². The van der Waals surface area contributed by atoms with Crippen molar-refractivity contribution < 1.29 is 19.0 Å². The second-order valence-corrected chi connectivity index (χ2v) is 7.29. The Balaban J connectivity index is 1.54. The molecule has 1 aromatic carbocycles. The van der Waals surface area contributed by atoms with Gasteiger partial charge in [0.15, 0.2) is 0 Å². The van der Waals surface area contributed by atoms with E-state index >= 15 is 0 Å². The second-order valence-electron chi connectivity index (χ2n) is 7.29. The predicted molar refractivity (Wildman–Crippen MR) is 99.0 cm³/mol. The molecule has 2 aromatic rings. The molecule has 1 saturated heterocycles. The maximum atomic E-state index is 13.0. The van der Waals surface area contributed by atoms with E-state index in [2.05, 4.69) is 5.10 Å². The van der Waals surface area contributed by atoms with Gasteiger partial charge in [0, 0.05) is 18.8 Å². The van der Waals surface area contributed by atoms with Gasteiger partial charge < -0.3 is 14.7 Å². The zero-order valence-corrected chi connectivity index (χ0v) is 15.8. The number of nitrogens with zero attached hydrogens (tertiary/aromatic N) is 3. The lowest BCUT2D eigenvalue weighted by Gasteiger charge is -2.27. The zero-order chi connectivity index (χ0) is 19.4. The molecule has 3 rings (SSSR count). The highest BCUT2D eigenvalue weighted by Gasteiger charge is 2.32. The normalized spacial score (nSPS) is 20.4. The van der Waals surface area contributed by atoms with Crippen LogP contribution in [-0.2, 0) is 11.3 Å². The number of carbonyl (C=O) groups is 1. The zero-order valence-electron chi connectivity index (χ0n) is 15.8. The summed E-state index contributed by atoms with van der Waals surface area (Å²) < 4.78 is 20.3. The van der Waals surface area contributed by atoms with Crippen molar-refractivity contribution in [3.63, 3.8) is 0 Å². The monoisotopic (exact) mass is 375 g/mol. The summed E-state index contributed by atoms with van der Waals surface area (Å²) in [5.74, 6) is 0.198. The minimum atomic E-state index is -0.998. The van der Waals surface area contributed by atoms with Crippen LogP contribution < -0.4 is 4.74 Å². The minimum Gasteiger partial charge on any atom is -0.491 e. The number of carbonyl (C=O) groups excluding carboxylic acids is 1. The van der Waals surface area contributed by atoms with Crippen molar-refractivity contribution in [2.24, 2.45) is 0 Å². The molecule has 7 heteroatoms. The number of hydrogen-bond donors (Lipinski definition) is 1. The third-order valence-electron chi connectivity index (χ3n) is 4.98. The van der Waals surface area contributed by atoms with E-state index in [0.29, 0.717) is 38.1 Å². The molecule has 146 valence electrons. The maximum absolute atomic E-state index is 13.0. The average molecular weight is 375 g/mol. The molecule has 0 bridgehead atoms. The van der Waals surface area contributed by atoms with Crippen LogP contribution in [-0.4, -0.2) is 51.0 Å². The number of likely N-dealkylation sites (tertiary alicyclic amines) is 1. The Kier molecular flexibility index (Phi) is 5.79. The van der Waals surface area contributed by atoms with Gasteiger partial charge in [0.1, 0.15) is 30.3 Å². The third kappa shape index (κ3) is 5.07. The molecular weight excluding hydrogens is 349 g/mol. The highest BCUT2D eigenvalue weighted by atomic mass is 19.1. The molecule has 1 amide bonds. The Labute approximate surface area is 158 Å². The molecule has 1 aliphatic rings. The molecule has 1 N–H and O–H groups in total. The van der Waals surface area contributed by atoms with Gasteiger partial charge in [0.05, 0.1) is 5.69 Å². The number of hydrogen-bond acceptors (Lipinski definition) is 4. The fourth-order valence-corrected chi connectivity index (χ4v) is 3.38. The standard InChI is InChI=1S/C20H26FN3O3/c1-15-12-16(2)24(22-15)13-19(25)23-10-3-8-20(26,9-11-23)14-27-18-6-4-17(21)5-7-18/h4-7,12,26H,3,8-11,13-14H2,1-2H3. The van der Waals surface area contributed by atoms with Crippen LogP contribution in [0, 0.1) is 19.7 Å². The Bertz CT molecular complexity index is 790. The van der Waals surface area contributed by atoms with Crippen molar-refractivity contribution in [3.05, 3.63) is 47.5 Å². The summed E-state index contributed by atoms with van der Waals surface area (Å²) in [6, 6.07) is 7.68. The largest absolute Gasteiger partial charge is 0.491 e. The summed E-state index contributed by atoms with van der Waals surface area (Å²) in [5.41, 5.74) is 0.852. The SMILES string of the molecule is Cc1cc(C)n(CC(=O)N2CCCC(O)(COc3ccc(F)cc3)CC2)n1. The summed E-state index contributed by atoms with van der Waals surface area (Å²) >= 11 is 0. The first-order valence-electron chi connectivity index (χ1n) is 9.24. The van der Waals surface area contributed by atoms with E-state index in [1.807, 2.05) is 19.9 Å². The summed E-state index contributed by atoms with van der Waals surface area (Å²) in [6.07, 6.45) is 1.70. The Morgan fingerprint density at radius 2 is 2.00 bits per heavy atom. The third-order valence-corrected chi connectivity index (χ3v) is 4.98. The minimum absolute atomic E-state index is 0.00454. The Morgan fingerprint density at radius 1 is 1.26 bits per heavy atom. The Morgan fingerprint density at radius 3 is 2.67 bits per heavy atom. The quantitative estimate of drug-likeness (QED) is 0.872. The lowest BCUT2D eigenvalue weighted by Crippen LogP contribution is -2.39. The van der Waals surface area contributed by atoms with Crippen LogP contribution >= 0.6 is 0 Å². The number of aromatic nitrogens is 2. The van der Waals surface area contributed by atoms with E-state index < -0.39 is 5.60 Å². The fraction of sp³-hybridized carbons (Fsp3) is 0.500. The smallest absolute Gasteiger partial charge is 0.244 e. The molecule has 0 saturated carbocycles. The van der Waals surface area contributed by atoms with Gasteiger partial charge >= 0.3 is 0 Å². The summed E-state index contributed by atoms with van der Waals surface area (Å²) in [7, 11) is 0. The highest BCUT2D eigenvalue weighted by molar-refractivity contribution is 5.76. The number of halogens is 1. The number of aliphatic hydroxyl groups is 1. The van der Waals surface area contributed by atoms with E-state index in [1.165, 1.54) is 12.1 Å². The van der Waals surface area contributed by atoms with E-state index in [0.717, 1.165) is 11.4 Å². The van der Waals surface area contributed by atoms with Crippen molar-refractivity contribution in [1.29, 1.82) is 0 Å². The van der Waals surface area contributed by atoms with Gasteiger partial charge in [-0.1, -0.05) is 0 Å². The predicted octanol–water partition coefficient (Wildman–Crippen LogP) is 2.46. The molecule has 1 fully saturated rings. The van der Waals surface area contributed by atoms with Crippen molar-refractivity contribution in [2.45, 2.75) is 45.3 Å². The van der Waals surface area contributed by atoms with E-state index in [4.69, 9.17) is 4.74 Å². The molecule has 6 nitrogen and oxygen atoms in total. The van der Waals surface area contributed by atoms with E-state index in [1.54, 1.807) is 21.7 Å². The molecule has 0 aliphatic carbocycles. The van der Waals surface area contributed by atoms with Crippen LogP contribution in [0.15, 0.2) is 30.3 Å². The van der Waals surface area contributed by atoms with E-state index in [9.17, 15) is 14.3 Å². The van der Waals surface area contributed by atoms with Gasteiger partial charge in [-0.05, 0) is 63.4 Å². The molecule has 2 heterocycles. The number of benzene rings is 1. The molecule has 1 atom stereocenters. The Hall–Kier alpha value is -2.41. The summed E-state index contributed by atoms with van der Waals surface area (Å²) in [6.45, 7) is 5.25. The van der Waals surface area contributed by atoms with Crippen molar-refractivity contribution in [1.82, 2.24) is 14.7 Å². The topological polar surface area (TPSA) is 67.6 Å². The number of amides is 1. The van der Waals surface area contributed by atoms with Gasteiger partial charge in [-0.2, -0.15) is 5.10 Å². The molecule has 0 spiro atoms. The van der Waals surface area contributed by atoms with Crippen LogP contribution in [0.2, 0.25) is 0 Å². The molecule has 1 aliphatic heterocycles. The van der Waals surface area contributed by atoms with Crippen molar-refractivity contribution in [3.8, 4) is 5.75 Å². The number of ether oxygens (including phenoxy) is 1. The van der Waals surface area contributed by atoms with Crippen molar-refractivity contribution in [2.75, 3.05) is 19.7 Å². The summed E-state index contributed by atoms with van der Waals surface area (Å²) in [4.78, 5) is 14.4. The molecule has 1 aromatic heterocycles. The first-order valence-corrected chi connectivity index (χ1v) is 9.24. The average Bonchev–Trinajstić information content (AvgIpc) is 2.82. The maximum Gasteiger partial charge on any atom is 0.244 e. The second kappa shape index (κ2) is 8.08. The molecule has 0 radical (unpaired) electrons. The first-order chi connectivity index (χ1) is 12.8. The lowest BCUT2D eigenvalue weighted by molar-refractivity contribution is -0.132. The number of aryl methyl sites for hydroxylation is 2. The van der Waals surface area contributed by atoms with Gasteiger partial charge in [-0.3, -0.25) is 9.48 Å². The van der Waals surface area contributed by atoms with Gasteiger partial charge in [-0.25, -0.2) is 4.39 Å². The van der Waals surface area contributed by atoms with Gasteiger partial charge in [-0.15, -0.1) is 0 Å². The lowest BCUT2D eigenvalue weighted by atomic mass is 9.96. The van der Waals surface area contributed by atoms with Crippen LogP contribution in [0.1, 0.15) is 30.7 Å². The fourth-order valence-electron chi connectivity index (χ4n) is 3.38. The van der Waals surface area contributed by atoms with Gasteiger partial charge in [0.25, 0.3) is 0 Å². The van der Waals surface area contributed by atoms with Crippen LogP contribution in [0.3, 0.4) is 0 Å². The number of rotatable bonds is 5. The molecular formula is C20H26FN3O3.